The quantitative estimate of drug-likeness (QED) is 0.638. The molecule has 1 aliphatic heterocycles. The Balaban J connectivity index is 1.53. The fourth-order valence-electron chi connectivity index (χ4n) is 3.96. The molecule has 1 aromatic carbocycles. The predicted molar refractivity (Wildman–Crippen MR) is 125 cm³/mol. The van der Waals surface area contributed by atoms with Gasteiger partial charge in [-0.2, -0.15) is 0 Å². The van der Waals surface area contributed by atoms with E-state index in [-0.39, 0.29) is 29.4 Å². The van der Waals surface area contributed by atoms with E-state index in [2.05, 4.69) is 10.6 Å². The van der Waals surface area contributed by atoms with Gasteiger partial charge in [0.25, 0.3) is 5.91 Å². The smallest absolute Gasteiger partial charge is 0.254 e. The summed E-state index contributed by atoms with van der Waals surface area (Å²) in [6.07, 6.45) is 7.25. The Morgan fingerprint density at radius 2 is 1.87 bits per heavy atom. The molecular formula is C22H23ClN2O4S2. The maximum absolute atomic E-state index is 13.1. The van der Waals surface area contributed by atoms with Crippen molar-refractivity contribution in [3.63, 3.8) is 0 Å². The summed E-state index contributed by atoms with van der Waals surface area (Å²) in [5.74, 6) is -0.570. The average Bonchev–Trinajstić information content (AvgIpc) is 3.26. The van der Waals surface area contributed by atoms with Gasteiger partial charge in [0.05, 0.1) is 17.1 Å². The van der Waals surface area contributed by atoms with E-state index in [1.807, 2.05) is 12.1 Å². The number of fused-ring (bicyclic) bond motifs is 1. The molecule has 0 bridgehead atoms. The Bertz CT molecular complexity index is 1140. The molecule has 2 aliphatic rings. The third kappa shape index (κ3) is 5.37. The summed E-state index contributed by atoms with van der Waals surface area (Å²) in [5.41, 5.74) is 2.30. The molecule has 2 aromatic rings. The van der Waals surface area contributed by atoms with Crippen LogP contribution in [0.5, 0.6) is 0 Å². The average molecular weight is 479 g/mol. The molecule has 1 fully saturated rings. The molecule has 1 saturated heterocycles. The minimum atomic E-state index is -3.09. The number of amides is 2. The highest BCUT2D eigenvalue weighted by atomic mass is 35.5. The van der Waals surface area contributed by atoms with Crippen LogP contribution in [0.1, 0.15) is 45.6 Å². The lowest BCUT2D eigenvalue weighted by atomic mass is 9.95. The molecule has 2 amide bonds. The predicted octanol–water partition coefficient (Wildman–Crippen LogP) is 3.85. The Morgan fingerprint density at radius 1 is 1.13 bits per heavy atom. The summed E-state index contributed by atoms with van der Waals surface area (Å²) >= 11 is 7.32. The first-order chi connectivity index (χ1) is 14.8. The maximum Gasteiger partial charge on any atom is 0.254 e. The third-order valence-corrected chi connectivity index (χ3v) is 8.73. The van der Waals surface area contributed by atoms with Crippen LogP contribution >= 0.6 is 22.9 Å². The number of sulfone groups is 1. The molecule has 31 heavy (non-hydrogen) atoms. The second kappa shape index (κ2) is 9.14. The van der Waals surface area contributed by atoms with Gasteiger partial charge >= 0.3 is 0 Å². The molecule has 1 aliphatic carbocycles. The van der Waals surface area contributed by atoms with E-state index >= 15 is 0 Å². The van der Waals surface area contributed by atoms with Crippen LogP contribution < -0.4 is 10.6 Å². The van der Waals surface area contributed by atoms with Crippen molar-refractivity contribution in [1.82, 2.24) is 5.32 Å². The number of anilines is 1. The molecule has 2 N–H and O–H groups in total. The number of benzene rings is 1. The molecular weight excluding hydrogens is 456 g/mol. The molecule has 0 radical (unpaired) electrons. The van der Waals surface area contributed by atoms with Gasteiger partial charge in [-0.15, -0.1) is 11.3 Å². The highest BCUT2D eigenvalue weighted by molar-refractivity contribution is 7.91. The van der Waals surface area contributed by atoms with Crippen LogP contribution in [0.15, 0.2) is 30.3 Å². The number of nitrogens with one attached hydrogen (secondary N) is 2. The molecule has 9 heteroatoms. The minimum absolute atomic E-state index is 0.0312. The van der Waals surface area contributed by atoms with Crippen molar-refractivity contribution in [3.8, 4) is 0 Å². The zero-order chi connectivity index (χ0) is 22.0. The molecule has 2 heterocycles. The van der Waals surface area contributed by atoms with Crippen molar-refractivity contribution < 1.29 is 18.0 Å². The molecule has 1 aromatic heterocycles. The van der Waals surface area contributed by atoms with Gasteiger partial charge in [-0.25, -0.2) is 8.42 Å². The number of hydrogen-bond donors (Lipinski definition) is 2. The second-order valence-electron chi connectivity index (χ2n) is 7.86. The van der Waals surface area contributed by atoms with Crippen molar-refractivity contribution in [2.75, 3.05) is 16.8 Å². The Labute approximate surface area is 190 Å². The lowest BCUT2D eigenvalue weighted by molar-refractivity contribution is -0.111. The largest absolute Gasteiger partial charge is 0.348 e. The molecule has 4 rings (SSSR count). The normalized spacial score (nSPS) is 19.8. The van der Waals surface area contributed by atoms with Crippen LogP contribution in [-0.4, -0.2) is 37.8 Å². The molecule has 0 saturated carbocycles. The topological polar surface area (TPSA) is 92.3 Å². The van der Waals surface area contributed by atoms with Crippen LogP contribution in [0, 0.1) is 0 Å². The zero-order valence-corrected chi connectivity index (χ0v) is 19.2. The standard InChI is InChI=1S/C22H23ClN2O4S2/c23-15-8-5-14(6-9-15)7-10-19(26)25-22-20(17-3-1-2-4-18(17)30-22)21(27)24-16-11-12-31(28,29)13-16/h5-10,16H,1-4,11-13H2,(H,24,27)(H,25,26)/b10-7+/t16-/m0/s1. The van der Waals surface area contributed by atoms with E-state index < -0.39 is 9.84 Å². The van der Waals surface area contributed by atoms with Crippen molar-refractivity contribution in [1.29, 1.82) is 0 Å². The molecule has 0 spiro atoms. The van der Waals surface area contributed by atoms with E-state index in [1.165, 1.54) is 17.4 Å². The van der Waals surface area contributed by atoms with Crippen LogP contribution in [0.3, 0.4) is 0 Å². The zero-order valence-electron chi connectivity index (χ0n) is 16.8. The first-order valence-electron chi connectivity index (χ1n) is 10.2. The number of rotatable bonds is 5. The number of aryl methyl sites for hydroxylation is 1. The van der Waals surface area contributed by atoms with Crippen molar-refractivity contribution in [2.45, 2.75) is 38.1 Å². The van der Waals surface area contributed by atoms with Crippen LogP contribution in [0.25, 0.3) is 6.08 Å². The number of thiophene rings is 1. The molecule has 164 valence electrons. The Morgan fingerprint density at radius 3 is 2.58 bits per heavy atom. The van der Waals surface area contributed by atoms with Crippen molar-refractivity contribution in [3.05, 3.63) is 56.9 Å². The summed E-state index contributed by atoms with van der Waals surface area (Å²) in [7, 11) is -3.09. The van der Waals surface area contributed by atoms with Crippen LogP contribution in [-0.2, 0) is 27.5 Å². The van der Waals surface area contributed by atoms with Gasteiger partial charge in [0.2, 0.25) is 5.91 Å². The van der Waals surface area contributed by atoms with Gasteiger partial charge in [0.15, 0.2) is 9.84 Å². The number of hydrogen-bond acceptors (Lipinski definition) is 5. The fraction of sp³-hybridized carbons (Fsp3) is 0.364. The van der Waals surface area contributed by atoms with Gasteiger partial charge in [-0.3, -0.25) is 9.59 Å². The third-order valence-electron chi connectivity index (χ3n) is 5.50. The fourth-order valence-corrected chi connectivity index (χ4v) is 7.05. The lowest BCUT2D eigenvalue weighted by Crippen LogP contribution is -2.36. The molecule has 1 atom stereocenters. The molecule has 0 unspecified atom stereocenters. The van der Waals surface area contributed by atoms with E-state index in [4.69, 9.17) is 11.6 Å². The minimum Gasteiger partial charge on any atom is -0.348 e. The van der Waals surface area contributed by atoms with Crippen LogP contribution in [0.2, 0.25) is 5.02 Å². The first-order valence-corrected chi connectivity index (χ1v) is 13.2. The monoisotopic (exact) mass is 478 g/mol. The van der Waals surface area contributed by atoms with Crippen LogP contribution in [0.4, 0.5) is 5.00 Å². The summed E-state index contributed by atoms with van der Waals surface area (Å²) in [6.45, 7) is 0. The second-order valence-corrected chi connectivity index (χ2v) is 11.6. The molecule has 6 nitrogen and oxygen atoms in total. The highest BCUT2D eigenvalue weighted by Crippen LogP contribution is 2.38. The number of carbonyl (C=O) groups is 2. The number of carbonyl (C=O) groups excluding carboxylic acids is 2. The summed E-state index contributed by atoms with van der Waals surface area (Å²) in [6, 6.07) is 6.73. The summed E-state index contributed by atoms with van der Waals surface area (Å²) < 4.78 is 23.5. The van der Waals surface area contributed by atoms with Crippen molar-refractivity contribution in [2.24, 2.45) is 0 Å². The maximum atomic E-state index is 13.1. The van der Waals surface area contributed by atoms with Crippen molar-refractivity contribution >= 4 is 55.7 Å². The summed E-state index contributed by atoms with van der Waals surface area (Å²) in [5, 5.41) is 6.88. The highest BCUT2D eigenvalue weighted by Gasteiger charge is 2.32. The van der Waals surface area contributed by atoms with E-state index in [1.54, 1.807) is 18.2 Å². The Kier molecular flexibility index (Phi) is 6.50. The van der Waals surface area contributed by atoms with E-state index in [9.17, 15) is 18.0 Å². The SMILES string of the molecule is O=C(/C=C/c1ccc(Cl)cc1)Nc1sc2c(c1C(=O)N[C@H]1CCS(=O)(=O)C1)CCCC2. The van der Waals surface area contributed by atoms with Gasteiger partial charge in [0.1, 0.15) is 5.00 Å². The Hall–Kier alpha value is -2.16. The van der Waals surface area contributed by atoms with E-state index in [0.29, 0.717) is 22.0 Å². The number of halogens is 1. The van der Waals surface area contributed by atoms with Gasteiger partial charge in [-0.05, 0) is 61.4 Å². The van der Waals surface area contributed by atoms with Gasteiger partial charge < -0.3 is 10.6 Å². The summed E-state index contributed by atoms with van der Waals surface area (Å²) in [4.78, 5) is 26.7. The van der Waals surface area contributed by atoms with E-state index in [0.717, 1.165) is 41.7 Å². The van der Waals surface area contributed by atoms with Gasteiger partial charge in [0, 0.05) is 22.0 Å². The lowest BCUT2D eigenvalue weighted by Gasteiger charge is -2.15. The van der Waals surface area contributed by atoms with Gasteiger partial charge in [-0.1, -0.05) is 23.7 Å². The first kappa shape index (κ1) is 22.0.